The van der Waals surface area contributed by atoms with Crippen LogP contribution in [0.2, 0.25) is 0 Å². The summed E-state index contributed by atoms with van der Waals surface area (Å²) >= 11 is 0. The molecule has 0 spiro atoms. The highest BCUT2D eigenvalue weighted by atomic mass is 15.0. The van der Waals surface area contributed by atoms with Gasteiger partial charge in [0.15, 0.2) is 0 Å². The molecule has 0 amide bonds. The molecule has 0 unspecified atom stereocenters. The van der Waals surface area contributed by atoms with Crippen molar-refractivity contribution in [2.24, 2.45) is 0 Å². The summed E-state index contributed by atoms with van der Waals surface area (Å²) in [5.74, 6) is 0. The third kappa shape index (κ3) is 2.79. The minimum Gasteiger partial charge on any atom is -0.307 e. The van der Waals surface area contributed by atoms with Crippen LogP contribution < -0.4 is 0 Å². The predicted octanol–water partition coefficient (Wildman–Crippen LogP) is 8.98. The lowest BCUT2D eigenvalue weighted by molar-refractivity contribution is 1.15. The Morgan fingerprint density at radius 1 is 0.375 bits per heavy atom. The van der Waals surface area contributed by atoms with Gasteiger partial charge in [-0.2, -0.15) is 0 Å². The molecule has 0 aliphatic rings. The Bertz CT molecular complexity index is 2240. The highest BCUT2D eigenvalue weighted by molar-refractivity contribution is 6.35. The number of rotatable bonds is 2. The average Bonchev–Trinajstić information content (AvgIpc) is 3.55. The van der Waals surface area contributed by atoms with Crippen LogP contribution in [0.15, 0.2) is 133 Å². The fourth-order valence-corrected chi connectivity index (χ4v) is 6.45. The van der Waals surface area contributed by atoms with Crippen molar-refractivity contribution < 1.29 is 0 Å². The Morgan fingerprint density at radius 2 is 0.750 bits per heavy atom. The van der Waals surface area contributed by atoms with Crippen LogP contribution in [-0.4, -0.2) is 19.1 Å². The van der Waals surface area contributed by atoms with E-state index in [0.717, 1.165) is 66.3 Å². The summed E-state index contributed by atoms with van der Waals surface area (Å²) in [6, 6.07) is 46.8. The molecule has 0 N–H and O–H groups in total. The molecule has 0 radical (unpaired) electrons. The summed E-state index contributed by atoms with van der Waals surface area (Å²) in [7, 11) is 0. The van der Waals surface area contributed by atoms with Crippen LogP contribution in [-0.2, 0) is 0 Å². The van der Waals surface area contributed by atoms with Gasteiger partial charge in [-0.15, -0.1) is 0 Å². The average molecular weight is 511 g/mol. The van der Waals surface area contributed by atoms with Crippen LogP contribution in [0.1, 0.15) is 0 Å². The topological polar surface area (TPSA) is 35.6 Å². The van der Waals surface area contributed by atoms with E-state index in [1.165, 1.54) is 10.8 Å². The van der Waals surface area contributed by atoms with Crippen LogP contribution in [0, 0.1) is 0 Å². The number of para-hydroxylation sites is 6. The van der Waals surface area contributed by atoms with Crippen LogP contribution >= 0.6 is 0 Å². The van der Waals surface area contributed by atoms with Gasteiger partial charge in [0.2, 0.25) is 0 Å². The number of hydrogen-bond acceptors (Lipinski definition) is 2. The Balaban J connectivity index is 1.69. The van der Waals surface area contributed by atoms with Crippen molar-refractivity contribution in [3.05, 3.63) is 133 Å². The molecule has 3 heterocycles. The molecule has 40 heavy (non-hydrogen) atoms. The minimum atomic E-state index is 0.902. The lowest BCUT2D eigenvalue weighted by Crippen LogP contribution is -1.99. The molecule has 9 aromatic rings. The first-order chi connectivity index (χ1) is 19.9. The summed E-state index contributed by atoms with van der Waals surface area (Å²) in [5.41, 5.74) is 10.5. The minimum absolute atomic E-state index is 0.902. The molecule has 4 heteroatoms. The molecule has 6 aromatic carbocycles. The van der Waals surface area contributed by atoms with E-state index in [9.17, 15) is 0 Å². The number of aromatic nitrogens is 4. The van der Waals surface area contributed by atoms with Crippen molar-refractivity contribution in [3.8, 4) is 11.4 Å². The van der Waals surface area contributed by atoms with Gasteiger partial charge < -0.3 is 9.13 Å². The van der Waals surface area contributed by atoms with Crippen molar-refractivity contribution in [1.29, 1.82) is 0 Å². The predicted molar refractivity (Wildman–Crippen MR) is 166 cm³/mol. The molecule has 0 atom stereocenters. The van der Waals surface area contributed by atoms with E-state index in [-0.39, 0.29) is 0 Å². The van der Waals surface area contributed by atoms with E-state index in [1.54, 1.807) is 0 Å². The summed E-state index contributed by atoms with van der Waals surface area (Å²) in [6.07, 6.45) is 0. The molecule has 9 rings (SSSR count). The fraction of sp³-hybridized carbons (Fsp3) is 0. The third-order valence-electron chi connectivity index (χ3n) is 8.05. The number of fused-ring (bicyclic) bond motifs is 11. The summed E-state index contributed by atoms with van der Waals surface area (Å²) in [4.78, 5) is 10.6. The van der Waals surface area contributed by atoms with Crippen LogP contribution in [0.25, 0.3) is 77.1 Å². The first kappa shape index (κ1) is 21.5. The normalized spacial score (nSPS) is 12.0. The van der Waals surface area contributed by atoms with E-state index in [1.807, 2.05) is 12.1 Å². The first-order valence-corrected chi connectivity index (χ1v) is 13.5. The third-order valence-corrected chi connectivity index (χ3v) is 8.05. The van der Waals surface area contributed by atoms with Crippen LogP contribution in [0.5, 0.6) is 0 Å². The first-order valence-electron chi connectivity index (χ1n) is 13.5. The number of nitrogens with zero attached hydrogens (tertiary/aromatic N) is 4. The molecular formula is C36H22N4. The molecule has 0 saturated heterocycles. The molecule has 0 aliphatic heterocycles. The second-order valence-corrected chi connectivity index (χ2v) is 10.2. The van der Waals surface area contributed by atoms with Gasteiger partial charge in [-0.3, -0.25) is 0 Å². The Morgan fingerprint density at radius 3 is 1.20 bits per heavy atom. The van der Waals surface area contributed by atoms with Gasteiger partial charge in [0.25, 0.3) is 0 Å². The van der Waals surface area contributed by atoms with Crippen molar-refractivity contribution in [3.63, 3.8) is 0 Å². The van der Waals surface area contributed by atoms with E-state index in [0.29, 0.717) is 0 Å². The number of hydrogen-bond donors (Lipinski definition) is 0. The van der Waals surface area contributed by atoms with Gasteiger partial charge in [-0.05, 0) is 48.5 Å². The van der Waals surface area contributed by atoms with Gasteiger partial charge in [-0.1, -0.05) is 84.9 Å². The maximum atomic E-state index is 5.32. The van der Waals surface area contributed by atoms with Crippen molar-refractivity contribution in [2.45, 2.75) is 0 Å². The van der Waals surface area contributed by atoms with Crippen LogP contribution in [0.3, 0.4) is 0 Å². The highest BCUT2D eigenvalue weighted by Crippen LogP contribution is 2.45. The quantitative estimate of drug-likeness (QED) is 0.218. The monoisotopic (exact) mass is 510 g/mol. The van der Waals surface area contributed by atoms with E-state index in [2.05, 4.69) is 130 Å². The fourth-order valence-electron chi connectivity index (χ4n) is 6.45. The van der Waals surface area contributed by atoms with Gasteiger partial charge in [0.05, 0.1) is 33.1 Å². The van der Waals surface area contributed by atoms with E-state index < -0.39 is 0 Å². The molecule has 0 fully saturated rings. The van der Waals surface area contributed by atoms with E-state index >= 15 is 0 Å². The lowest BCUT2D eigenvalue weighted by atomic mass is 10.0. The molecule has 0 saturated carbocycles. The van der Waals surface area contributed by atoms with Gasteiger partial charge in [0.1, 0.15) is 11.0 Å². The molecule has 0 bridgehead atoms. The lowest BCUT2D eigenvalue weighted by Gasteiger charge is -2.13. The highest BCUT2D eigenvalue weighted by Gasteiger charge is 2.26. The van der Waals surface area contributed by atoms with Crippen molar-refractivity contribution >= 4 is 65.7 Å². The van der Waals surface area contributed by atoms with Crippen molar-refractivity contribution in [1.82, 2.24) is 19.1 Å². The Hall–Kier alpha value is -5.48. The van der Waals surface area contributed by atoms with E-state index in [4.69, 9.17) is 9.97 Å². The van der Waals surface area contributed by atoms with Gasteiger partial charge >= 0.3 is 0 Å². The maximum absolute atomic E-state index is 5.32. The van der Waals surface area contributed by atoms with Crippen molar-refractivity contribution in [2.75, 3.05) is 0 Å². The molecule has 3 aromatic heterocycles. The summed E-state index contributed by atoms with van der Waals surface area (Å²) in [6.45, 7) is 0. The standard InChI is InChI=1S/C36H22N4/c1-3-13-23(14-4-1)39-29-21-11-7-17-25(29)31-33-34(38-28-20-10-9-19-27(28)37-33)32-26-18-8-12-22-30(26)40(36(32)35(31)39)24-15-5-2-6-16-24/h1-22H. The zero-order valence-electron chi connectivity index (χ0n) is 21.5. The Kier molecular flexibility index (Phi) is 4.30. The second-order valence-electron chi connectivity index (χ2n) is 10.2. The molecule has 186 valence electrons. The Labute approximate surface area is 229 Å². The zero-order chi connectivity index (χ0) is 26.2. The largest absolute Gasteiger partial charge is 0.307 e. The SMILES string of the molecule is c1ccc(-n2c3ccccc3c3c4nc5ccccc5nc4c4c5ccccc5n(-c5ccccc5)c4c32)cc1. The molecule has 0 aliphatic carbocycles. The maximum Gasteiger partial charge on any atom is 0.100 e. The zero-order valence-corrected chi connectivity index (χ0v) is 21.5. The summed E-state index contributed by atoms with van der Waals surface area (Å²) in [5, 5.41) is 4.59. The van der Waals surface area contributed by atoms with Crippen LogP contribution in [0.4, 0.5) is 0 Å². The molecule has 4 nitrogen and oxygen atoms in total. The second kappa shape index (κ2) is 8.01. The van der Waals surface area contributed by atoms with Gasteiger partial charge in [-0.25, -0.2) is 9.97 Å². The smallest absolute Gasteiger partial charge is 0.100 e. The summed E-state index contributed by atoms with van der Waals surface area (Å²) < 4.78 is 4.81. The molecular weight excluding hydrogens is 488 g/mol. The van der Waals surface area contributed by atoms with Gasteiger partial charge in [0, 0.05) is 32.9 Å². The number of benzene rings is 6.